The Morgan fingerprint density at radius 1 is 1.07 bits per heavy atom. The molecule has 3 aromatic carbocycles. The monoisotopic (exact) mass is 601 g/mol. The van der Waals surface area contributed by atoms with Crippen LogP contribution in [-0.2, 0) is 26.2 Å². The van der Waals surface area contributed by atoms with Crippen LogP contribution < -0.4 is 9.62 Å². The lowest BCUT2D eigenvalue weighted by molar-refractivity contribution is -0.141. The van der Waals surface area contributed by atoms with Crippen LogP contribution in [0.4, 0.5) is 5.69 Å². The summed E-state index contributed by atoms with van der Waals surface area (Å²) in [5.74, 6) is -0.399. The fourth-order valence-corrected chi connectivity index (χ4v) is 8.05. The lowest BCUT2D eigenvalue weighted by Gasteiger charge is -2.32. The normalized spacial score (nSPS) is 16.8. The third kappa shape index (κ3) is 5.67. The molecule has 1 atom stereocenters. The van der Waals surface area contributed by atoms with Gasteiger partial charge in [0.1, 0.15) is 6.04 Å². The smallest absolute Gasteiger partial charge is 0.265 e. The average Bonchev–Trinajstić information content (AvgIpc) is 3.51. The predicted octanol–water partition coefficient (Wildman–Crippen LogP) is 6.30. The van der Waals surface area contributed by atoms with Crippen LogP contribution in [-0.4, -0.2) is 43.8 Å². The van der Waals surface area contributed by atoms with Gasteiger partial charge < -0.3 is 10.2 Å². The average molecular weight is 603 g/mol. The maximum absolute atomic E-state index is 13.7. The molecule has 0 unspecified atom stereocenters. The summed E-state index contributed by atoms with van der Waals surface area (Å²) in [7, 11) is -3.71. The number of hydrogen-bond donors (Lipinski definition) is 1. The highest BCUT2D eigenvalue weighted by molar-refractivity contribution is 7.93. The van der Waals surface area contributed by atoms with Crippen molar-refractivity contribution in [2.24, 2.45) is 0 Å². The van der Waals surface area contributed by atoms with E-state index in [-0.39, 0.29) is 37.4 Å². The summed E-state index contributed by atoms with van der Waals surface area (Å²) in [5.41, 5.74) is 1.32. The number of nitrogens with zero attached hydrogens (tertiary/aromatic N) is 2. The number of halogens is 2. The second-order valence-electron chi connectivity index (χ2n) is 10.5. The number of carbonyl (C=O) groups is 2. The molecule has 2 amide bonds. The largest absolute Gasteiger partial charge is 0.352 e. The number of amides is 2. The Morgan fingerprint density at radius 3 is 2.50 bits per heavy atom. The summed E-state index contributed by atoms with van der Waals surface area (Å²) in [4.78, 5) is 28.9. The zero-order valence-corrected chi connectivity index (χ0v) is 24.7. The fourth-order valence-electron chi connectivity index (χ4n) is 5.84. The molecule has 7 nitrogen and oxygen atoms in total. The lowest BCUT2D eigenvalue weighted by atomic mass is 10.1. The van der Waals surface area contributed by atoms with Gasteiger partial charge >= 0.3 is 0 Å². The Hall–Kier alpha value is -2.81. The van der Waals surface area contributed by atoms with Crippen LogP contribution in [0.25, 0.3) is 10.8 Å². The first kappa shape index (κ1) is 28.7. The number of nitrogens with one attached hydrogen (secondary N) is 1. The number of rotatable bonds is 10. The fraction of sp³-hybridized carbons (Fsp3) is 0.400. The minimum absolute atomic E-state index is 0.0801. The van der Waals surface area contributed by atoms with Gasteiger partial charge in [-0.3, -0.25) is 13.9 Å². The van der Waals surface area contributed by atoms with Gasteiger partial charge in [-0.25, -0.2) is 8.42 Å². The van der Waals surface area contributed by atoms with Gasteiger partial charge in [0.2, 0.25) is 11.8 Å². The zero-order valence-electron chi connectivity index (χ0n) is 22.4. The van der Waals surface area contributed by atoms with Crippen LogP contribution in [0.2, 0.25) is 10.0 Å². The molecule has 0 bridgehead atoms. The molecular weight excluding hydrogens is 569 g/mol. The lowest BCUT2D eigenvalue weighted by Crippen LogP contribution is -2.51. The highest BCUT2D eigenvalue weighted by Crippen LogP contribution is 2.42. The van der Waals surface area contributed by atoms with Gasteiger partial charge in [0.15, 0.2) is 0 Å². The highest BCUT2D eigenvalue weighted by atomic mass is 35.5. The standard InChI is InChI=1S/C30H33Cl2N3O4S/c1-2-25(30(37)33-23-10-3-4-11-23)34(19-21-15-16-22(31)18-24(21)32)28(36)14-7-17-35-26-12-5-8-20-9-6-13-27(29(20)26)40(35,38)39/h5-6,8-9,12-13,15-16,18,23,25H,2-4,7,10-11,14,17,19H2,1H3,(H,33,37)/t25-/m1/s1. The van der Waals surface area contributed by atoms with Crippen molar-refractivity contribution in [3.05, 3.63) is 70.2 Å². The molecule has 1 saturated carbocycles. The van der Waals surface area contributed by atoms with Crippen LogP contribution in [0, 0.1) is 0 Å². The van der Waals surface area contributed by atoms with E-state index >= 15 is 0 Å². The SMILES string of the molecule is CC[C@H](C(=O)NC1CCCC1)N(Cc1ccc(Cl)cc1Cl)C(=O)CCCN1c2cccc3cccc(c23)S1(=O)=O. The second-order valence-corrected chi connectivity index (χ2v) is 13.2. The minimum atomic E-state index is -3.71. The van der Waals surface area contributed by atoms with Gasteiger partial charge in [0.25, 0.3) is 10.0 Å². The summed E-state index contributed by atoms with van der Waals surface area (Å²) < 4.78 is 28.1. The maximum Gasteiger partial charge on any atom is 0.265 e. The van der Waals surface area contributed by atoms with E-state index in [1.165, 1.54) is 4.31 Å². The summed E-state index contributed by atoms with van der Waals surface area (Å²) >= 11 is 12.5. The molecule has 2 aliphatic rings. The maximum atomic E-state index is 13.7. The molecule has 5 rings (SSSR count). The Bertz CT molecular complexity index is 1530. The first-order chi connectivity index (χ1) is 19.2. The van der Waals surface area contributed by atoms with Crippen LogP contribution in [0.15, 0.2) is 59.5 Å². The van der Waals surface area contributed by atoms with Gasteiger partial charge in [-0.15, -0.1) is 0 Å². The van der Waals surface area contributed by atoms with Crippen molar-refractivity contribution in [1.29, 1.82) is 0 Å². The van der Waals surface area contributed by atoms with Crippen molar-refractivity contribution >= 4 is 61.5 Å². The predicted molar refractivity (Wildman–Crippen MR) is 159 cm³/mol. The van der Waals surface area contributed by atoms with Crippen molar-refractivity contribution in [3.63, 3.8) is 0 Å². The number of carbonyl (C=O) groups excluding carboxylic acids is 2. The molecule has 0 aromatic heterocycles. The van der Waals surface area contributed by atoms with Crippen molar-refractivity contribution < 1.29 is 18.0 Å². The summed E-state index contributed by atoms with van der Waals surface area (Å²) in [5, 5.41) is 5.62. The van der Waals surface area contributed by atoms with E-state index in [1.54, 1.807) is 41.3 Å². The Labute approximate surface area is 245 Å². The number of benzene rings is 3. The minimum Gasteiger partial charge on any atom is -0.352 e. The van der Waals surface area contributed by atoms with Gasteiger partial charge in [-0.05, 0) is 60.9 Å². The van der Waals surface area contributed by atoms with Crippen LogP contribution >= 0.6 is 23.2 Å². The summed E-state index contributed by atoms with van der Waals surface area (Å²) in [6.07, 6.45) is 4.87. The highest BCUT2D eigenvalue weighted by Gasteiger charge is 2.36. The quantitative estimate of drug-likeness (QED) is 0.295. The molecule has 10 heteroatoms. The van der Waals surface area contributed by atoms with Crippen molar-refractivity contribution in [2.45, 2.75) is 75.4 Å². The molecule has 0 saturated heterocycles. The Balaban J connectivity index is 1.34. The van der Waals surface area contributed by atoms with Crippen LogP contribution in [0.3, 0.4) is 0 Å². The first-order valence-corrected chi connectivity index (χ1v) is 16.0. The zero-order chi connectivity index (χ0) is 28.4. The summed E-state index contributed by atoms with van der Waals surface area (Å²) in [6.45, 7) is 2.19. The molecule has 1 N–H and O–H groups in total. The third-order valence-corrected chi connectivity index (χ3v) is 10.3. The number of sulfonamides is 1. The van der Waals surface area contributed by atoms with Gasteiger partial charge in [0.05, 0.1) is 10.6 Å². The first-order valence-electron chi connectivity index (χ1n) is 13.8. The van der Waals surface area contributed by atoms with E-state index in [4.69, 9.17) is 23.2 Å². The molecule has 1 aliphatic carbocycles. The van der Waals surface area contributed by atoms with E-state index in [0.29, 0.717) is 44.4 Å². The van der Waals surface area contributed by atoms with Gasteiger partial charge in [0, 0.05) is 41.0 Å². The van der Waals surface area contributed by atoms with Gasteiger partial charge in [-0.2, -0.15) is 0 Å². The van der Waals surface area contributed by atoms with Crippen molar-refractivity contribution in [2.75, 3.05) is 10.8 Å². The van der Waals surface area contributed by atoms with Crippen molar-refractivity contribution in [3.8, 4) is 0 Å². The van der Waals surface area contributed by atoms with E-state index in [2.05, 4.69) is 5.32 Å². The van der Waals surface area contributed by atoms with E-state index in [1.807, 2.05) is 25.1 Å². The van der Waals surface area contributed by atoms with Crippen LogP contribution in [0.1, 0.15) is 57.4 Å². The molecule has 40 heavy (non-hydrogen) atoms. The number of anilines is 1. The topological polar surface area (TPSA) is 86.8 Å². The van der Waals surface area contributed by atoms with E-state index in [0.717, 1.165) is 31.1 Å². The molecule has 212 valence electrons. The van der Waals surface area contributed by atoms with Crippen molar-refractivity contribution in [1.82, 2.24) is 10.2 Å². The molecular formula is C30H33Cl2N3O4S. The molecule has 3 aromatic rings. The van der Waals surface area contributed by atoms with E-state index in [9.17, 15) is 18.0 Å². The third-order valence-electron chi connectivity index (χ3n) is 7.88. The number of hydrogen-bond acceptors (Lipinski definition) is 4. The Morgan fingerprint density at radius 2 is 1.80 bits per heavy atom. The van der Waals surface area contributed by atoms with Gasteiger partial charge in [-0.1, -0.05) is 73.3 Å². The molecule has 1 aliphatic heterocycles. The molecule has 0 radical (unpaired) electrons. The van der Waals surface area contributed by atoms with E-state index < -0.39 is 16.1 Å². The van der Waals surface area contributed by atoms with Crippen LogP contribution in [0.5, 0.6) is 0 Å². The second kappa shape index (κ2) is 12.0. The summed E-state index contributed by atoms with van der Waals surface area (Å²) in [6, 6.07) is 15.3. The molecule has 0 spiro atoms. The molecule has 1 heterocycles. The Kier molecular flexibility index (Phi) is 8.59. The molecule has 1 fully saturated rings.